The predicted molar refractivity (Wildman–Crippen MR) is 136 cm³/mol. The highest BCUT2D eigenvalue weighted by molar-refractivity contribution is 7.98. The first-order valence-electron chi connectivity index (χ1n) is 11.9. The average Bonchev–Trinajstić information content (AvgIpc) is 3.31. The average molecular weight is 513 g/mol. The van der Waals surface area contributed by atoms with E-state index in [0.717, 1.165) is 0 Å². The summed E-state index contributed by atoms with van der Waals surface area (Å²) in [7, 11) is 0. The fraction of sp³-hybridized carbons (Fsp3) is 0.696. The number of imidazole rings is 1. The molecule has 7 N–H and O–H groups in total. The smallest absolute Gasteiger partial charge is 0.326 e. The van der Waals surface area contributed by atoms with Crippen molar-refractivity contribution in [2.75, 3.05) is 12.0 Å². The Morgan fingerprint density at radius 1 is 1.09 bits per heavy atom. The number of thioether (sulfide) groups is 1. The summed E-state index contributed by atoms with van der Waals surface area (Å²) in [5, 5.41) is 17.5. The summed E-state index contributed by atoms with van der Waals surface area (Å²) in [5.41, 5.74) is 6.57. The fourth-order valence-electron chi connectivity index (χ4n) is 3.43. The molecule has 0 saturated heterocycles. The maximum absolute atomic E-state index is 13.2. The lowest BCUT2D eigenvalue weighted by atomic mass is 9.98. The number of carbonyl (C=O) groups excluding carboxylic acids is 3. The number of H-pyrrole nitrogens is 1. The highest BCUT2D eigenvalue weighted by atomic mass is 32.2. The molecule has 1 heterocycles. The van der Waals surface area contributed by atoms with Crippen LogP contribution in [0.3, 0.4) is 0 Å². The molecular weight excluding hydrogens is 472 g/mol. The van der Waals surface area contributed by atoms with Gasteiger partial charge in [-0.15, -0.1) is 0 Å². The van der Waals surface area contributed by atoms with Gasteiger partial charge in [-0.25, -0.2) is 9.78 Å². The van der Waals surface area contributed by atoms with Crippen LogP contribution in [0.1, 0.15) is 52.7 Å². The molecule has 0 bridgehead atoms. The molecule has 0 aliphatic heterocycles. The molecule has 0 saturated carbocycles. The van der Waals surface area contributed by atoms with E-state index in [1.165, 1.54) is 24.3 Å². The van der Waals surface area contributed by atoms with Crippen molar-refractivity contribution in [1.29, 1.82) is 0 Å². The summed E-state index contributed by atoms with van der Waals surface area (Å²) in [5.74, 6) is -2.25. The second-order valence-corrected chi connectivity index (χ2v) is 10.1. The van der Waals surface area contributed by atoms with Crippen LogP contribution < -0.4 is 21.7 Å². The lowest BCUT2D eigenvalue weighted by Crippen LogP contribution is -2.58. The van der Waals surface area contributed by atoms with Gasteiger partial charge in [-0.2, -0.15) is 11.8 Å². The SMILES string of the molecule is CCC(C)C(NC(=O)C(Cc1cnc[nH]1)NC(=O)C(CCSC)NC(=O)C(N)CC(C)C)C(=O)O. The van der Waals surface area contributed by atoms with Gasteiger partial charge in [-0.1, -0.05) is 34.1 Å². The molecule has 0 spiro atoms. The molecule has 0 aliphatic rings. The molecule has 3 amide bonds. The van der Waals surface area contributed by atoms with Gasteiger partial charge in [0.05, 0.1) is 12.4 Å². The number of hydrogen-bond donors (Lipinski definition) is 6. The first-order chi connectivity index (χ1) is 16.5. The third-order valence-electron chi connectivity index (χ3n) is 5.69. The quantitative estimate of drug-likeness (QED) is 0.187. The predicted octanol–water partition coefficient (Wildman–Crippen LogP) is 0.664. The minimum Gasteiger partial charge on any atom is -0.480 e. The lowest BCUT2D eigenvalue weighted by molar-refractivity contribution is -0.143. The number of carboxylic acids is 1. The Kier molecular flexibility index (Phi) is 13.4. The van der Waals surface area contributed by atoms with E-state index in [0.29, 0.717) is 30.7 Å². The molecule has 35 heavy (non-hydrogen) atoms. The number of carbonyl (C=O) groups is 4. The zero-order valence-corrected chi connectivity index (χ0v) is 22.0. The maximum Gasteiger partial charge on any atom is 0.326 e. The Hall–Kier alpha value is -2.60. The van der Waals surface area contributed by atoms with Crippen LogP contribution in [0, 0.1) is 11.8 Å². The minimum absolute atomic E-state index is 0.0699. The van der Waals surface area contributed by atoms with Gasteiger partial charge < -0.3 is 31.8 Å². The summed E-state index contributed by atoms with van der Waals surface area (Å²) in [6, 6.07) is -3.83. The standard InChI is InChI=1S/C23H40N6O5S/c1-6-14(4)19(23(33)34)29-22(32)18(10-15-11-25-12-26-15)28-21(31)17(7-8-35-5)27-20(30)16(24)9-13(2)3/h11-14,16-19H,6-10,24H2,1-5H3,(H,25,26)(H,27,30)(H,28,31)(H,29,32)(H,33,34). The third kappa shape index (κ3) is 10.7. The van der Waals surface area contributed by atoms with Crippen LogP contribution >= 0.6 is 11.8 Å². The molecule has 11 nitrogen and oxygen atoms in total. The first-order valence-corrected chi connectivity index (χ1v) is 13.2. The van der Waals surface area contributed by atoms with Crippen LogP contribution in [-0.4, -0.2) is 74.9 Å². The zero-order chi connectivity index (χ0) is 26.5. The van der Waals surface area contributed by atoms with E-state index >= 15 is 0 Å². The Bertz CT molecular complexity index is 819. The van der Waals surface area contributed by atoms with Crippen molar-refractivity contribution in [2.45, 2.75) is 77.5 Å². The van der Waals surface area contributed by atoms with Gasteiger partial charge in [0.25, 0.3) is 0 Å². The van der Waals surface area contributed by atoms with Crippen LogP contribution in [0.15, 0.2) is 12.5 Å². The lowest BCUT2D eigenvalue weighted by Gasteiger charge is -2.26. The number of aliphatic carboxylic acids is 1. The van der Waals surface area contributed by atoms with E-state index in [-0.39, 0.29) is 18.3 Å². The summed E-state index contributed by atoms with van der Waals surface area (Å²) in [4.78, 5) is 57.4. The van der Waals surface area contributed by atoms with Gasteiger partial charge in [0.15, 0.2) is 0 Å². The maximum atomic E-state index is 13.2. The van der Waals surface area contributed by atoms with Crippen molar-refractivity contribution in [3.05, 3.63) is 18.2 Å². The van der Waals surface area contributed by atoms with Crippen LogP contribution in [0.4, 0.5) is 0 Å². The van der Waals surface area contributed by atoms with Gasteiger partial charge in [-0.05, 0) is 36.7 Å². The number of rotatable bonds is 16. The van der Waals surface area contributed by atoms with Gasteiger partial charge in [0.1, 0.15) is 18.1 Å². The van der Waals surface area contributed by atoms with E-state index in [1.54, 1.807) is 6.92 Å². The second kappa shape index (κ2) is 15.4. The molecular formula is C23H40N6O5S. The van der Waals surface area contributed by atoms with Crippen LogP contribution in [0.25, 0.3) is 0 Å². The van der Waals surface area contributed by atoms with Crippen LogP contribution in [0.5, 0.6) is 0 Å². The molecule has 5 atom stereocenters. The van der Waals surface area contributed by atoms with Crippen molar-refractivity contribution in [2.24, 2.45) is 17.6 Å². The van der Waals surface area contributed by atoms with E-state index in [1.807, 2.05) is 27.0 Å². The Labute approximate surface area is 211 Å². The Balaban J connectivity index is 3.06. The molecule has 12 heteroatoms. The van der Waals surface area contributed by atoms with Crippen molar-refractivity contribution in [1.82, 2.24) is 25.9 Å². The number of carboxylic acid groups (broad SMARTS) is 1. The zero-order valence-electron chi connectivity index (χ0n) is 21.2. The number of amides is 3. The number of nitrogens with one attached hydrogen (secondary N) is 4. The number of aromatic nitrogens is 2. The molecule has 1 aromatic rings. The number of hydrogen-bond acceptors (Lipinski definition) is 7. The third-order valence-corrected chi connectivity index (χ3v) is 6.34. The molecule has 1 rings (SSSR count). The Morgan fingerprint density at radius 3 is 2.23 bits per heavy atom. The van der Waals surface area contributed by atoms with Crippen molar-refractivity contribution < 1.29 is 24.3 Å². The van der Waals surface area contributed by atoms with E-state index in [4.69, 9.17) is 5.73 Å². The van der Waals surface area contributed by atoms with Gasteiger partial charge in [0.2, 0.25) is 17.7 Å². The van der Waals surface area contributed by atoms with E-state index in [2.05, 4.69) is 25.9 Å². The fourth-order valence-corrected chi connectivity index (χ4v) is 3.90. The normalized spacial score (nSPS) is 15.5. The summed E-state index contributed by atoms with van der Waals surface area (Å²) >= 11 is 1.52. The largest absolute Gasteiger partial charge is 0.480 e. The monoisotopic (exact) mass is 512 g/mol. The van der Waals surface area contributed by atoms with E-state index < -0.39 is 47.9 Å². The molecule has 198 valence electrons. The summed E-state index contributed by atoms with van der Waals surface area (Å²) in [6.45, 7) is 7.47. The number of nitrogens with two attached hydrogens (primary N) is 1. The Morgan fingerprint density at radius 2 is 1.71 bits per heavy atom. The topological polar surface area (TPSA) is 179 Å². The summed E-state index contributed by atoms with van der Waals surface area (Å²) in [6.07, 6.45) is 6.29. The molecule has 0 aliphatic carbocycles. The van der Waals surface area contributed by atoms with E-state index in [9.17, 15) is 24.3 Å². The van der Waals surface area contributed by atoms with Gasteiger partial charge in [-0.3, -0.25) is 14.4 Å². The van der Waals surface area contributed by atoms with Crippen LogP contribution in [-0.2, 0) is 25.6 Å². The van der Waals surface area contributed by atoms with Crippen molar-refractivity contribution in [3.8, 4) is 0 Å². The van der Waals surface area contributed by atoms with Gasteiger partial charge >= 0.3 is 5.97 Å². The minimum atomic E-state index is -1.15. The van der Waals surface area contributed by atoms with Gasteiger partial charge in [0, 0.05) is 18.3 Å². The molecule has 0 aromatic carbocycles. The number of nitrogens with zero attached hydrogens (tertiary/aromatic N) is 1. The summed E-state index contributed by atoms with van der Waals surface area (Å²) < 4.78 is 0. The highest BCUT2D eigenvalue weighted by Crippen LogP contribution is 2.10. The number of aromatic amines is 1. The molecule has 0 radical (unpaired) electrons. The first kappa shape index (κ1) is 30.4. The molecule has 0 fully saturated rings. The van der Waals surface area contributed by atoms with Crippen molar-refractivity contribution in [3.63, 3.8) is 0 Å². The highest BCUT2D eigenvalue weighted by Gasteiger charge is 2.32. The molecule has 5 unspecified atom stereocenters. The molecule has 1 aromatic heterocycles. The second-order valence-electron chi connectivity index (χ2n) is 9.13. The van der Waals surface area contributed by atoms with Crippen molar-refractivity contribution >= 4 is 35.5 Å². The van der Waals surface area contributed by atoms with Crippen LogP contribution in [0.2, 0.25) is 0 Å².